The number of nitrogens with zero attached hydrogens (tertiary/aromatic N) is 1. The highest BCUT2D eigenvalue weighted by Crippen LogP contribution is 2.36. The first kappa shape index (κ1) is 14.9. The van der Waals surface area contributed by atoms with Crippen molar-refractivity contribution in [3.05, 3.63) is 34.1 Å². The van der Waals surface area contributed by atoms with Gasteiger partial charge in [-0.3, -0.25) is 4.79 Å². The summed E-state index contributed by atoms with van der Waals surface area (Å²) in [6, 6.07) is 5.23. The lowest BCUT2D eigenvalue weighted by Crippen LogP contribution is -2.15. The van der Waals surface area contributed by atoms with Gasteiger partial charge in [0.2, 0.25) is 5.88 Å². The van der Waals surface area contributed by atoms with Crippen LogP contribution in [0.25, 0.3) is 11.4 Å². The van der Waals surface area contributed by atoms with Crippen molar-refractivity contribution in [1.29, 1.82) is 0 Å². The van der Waals surface area contributed by atoms with Gasteiger partial charge in [-0.2, -0.15) is 4.98 Å². The van der Waals surface area contributed by atoms with E-state index in [0.717, 1.165) is 6.42 Å². The molecule has 0 saturated carbocycles. The summed E-state index contributed by atoms with van der Waals surface area (Å²) in [5.74, 6) is 0.967. The number of H-pyrrole nitrogens is 1. The molecule has 0 aliphatic rings. The van der Waals surface area contributed by atoms with E-state index in [1.165, 1.54) is 14.2 Å². The van der Waals surface area contributed by atoms with Crippen LogP contribution in [0.5, 0.6) is 17.4 Å². The first-order valence-corrected chi connectivity index (χ1v) is 6.65. The summed E-state index contributed by atoms with van der Waals surface area (Å²) < 4.78 is 10.5. The maximum absolute atomic E-state index is 12.1. The van der Waals surface area contributed by atoms with Crippen molar-refractivity contribution < 1.29 is 14.6 Å². The number of benzene rings is 1. The minimum atomic E-state index is -0.343. The minimum Gasteiger partial charge on any atom is -0.493 e. The molecule has 0 saturated heterocycles. The molecule has 6 nitrogen and oxygen atoms in total. The third-order valence-corrected chi connectivity index (χ3v) is 3.15. The fourth-order valence-electron chi connectivity index (χ4n) is 2.16. The Kier molecular flexibility index (Phi) is 4.47. The third-order valence-electron chi connectivity index (χ3n) is 3.15. The molecule has 1 aromatic carbocycles. The number of ether oxygens (including phenoxy) is 2. The number of aromatic amines is 1. The number of hydrogen-bond acceptors (Lipinski definition) is 5. The van der Waals surface area contributed by atoms with Gasteiger partial charge in [-0.05, 0) is 18.6 Å². The van der Waals surface area contributed by atoms with Crippen molar-refractivity contribution in [1.82, 2.24) is 9.97 Å². The van der Waals surface area contributed by atoms with Gasteiger partial charge in [0.15, 0.2) is 11.5 Å². The average molecular weight is 290 g/mol. The molecule has 1 heterocycles. The van der Waals surface area contributed by atoms with Gasteiger partial charge in [0, 0.05) is 0 Å². The molecule has 6 heteroatoms. The van der Waals surface area contributed by atoms with Crippen LogP contribution in [-0.4, -0.2) is 29.3 Å². The van der Waals surface area contributed by atoms with Crippen LogP contribution in [0.2, 0.25) is 0 Å². The van der Waals surface area contributed by atoms with Gasteiger partial charge < -0.3 is 19.6 Å². The van der Waals surface area contributed by atoms with Crippen molar-refractivity contribution in [2.24, 2.45) is 0 Å². The molecule has 2 aromatic rings. The molecule has 0 amide bonds. The van der Waals surface area contributed by atoms with Crippen LogP contribution < -0.4 is 15.0 Å². The monoisotopic (exact) mass is 290 g/mol. The van der Waals surface area contributed by atoms with Crippen LogP contribution in [0, 0.1) is 0 Å². The Bertz CT molecular complexity index is 695. The second-order valence-electron chi connectivity index (χ2n) is 4.51. The summed E-state index contributed by atoms with van der Waals surface area (Å²) in [4.78, 5) is 18.8. The van der Waals surface area contributed by atoms with E-state index < -0.39 is 0 Å². The zero-order valence-electron chi connectivity index (χ0n) is 12.3. The molecule has 0 radical (unpaired) electrons. The first-order chi connectivity index (χ1) is 10.1. The van der Waals surface area contributed by atoms with Gasteiger partial charge in [-0.25, -0.2) is 0 Å². The summed E-state index contributed by atoms with van der Waals surface area (Å²) in [7, 11) is 3.03. The van der Waals surface area contributed by atoms with Gasteiger partial charge in [-0.1, -0.05) is 19.4 Å². The number of aromatic hydroxyl groups is 1. The van der Waals surface area contributed by atoms with Crippen LogP contribution in [0.1, 0.15) is 18.9 Å². The number of para-hydroxylation sites is 1. The highest BCUT2D eigenvalue weighted by molar-refractivity contribution is 5.69. The van der Waals surface area contributed by atoms with E-state index >= 15 is 0 Å². The average Bonchev–Trinajstić information content (AvgIpc) is 2.49. The molecule has 0 atom stereocenters. The fourth-order valence-corrected chi connectivity index (χ4v) is 2.16. The molecule has 0 fully saturated rings. The number of nitrogens with one attached hydrogen (secondary N) is 1. The second kappa shape index (κ2) is 6.30. The van der Waals surface area contributed by atoms with E-state index in [0.29, 0.717) is 29.0 Å². The smallest absolute Gasteiger partial charge is 0.258 e. The van der Waals surface area contributed by atoms with Crippen LogP contribution in [0.4, 0.5) is 0 Å². The molecular weight excluding hydrogens is 272 g/mol. The molecule has 0 unspecified atom stereocenters. The Balaban J connectivity index is 2.60. The molecule has 0 aliphatic heterocycles. The number of methoxy groups -OCH3 is 2. The number of aromatic nitrogens is 2. The Labute approximate surface area is 122 Å². The van der Waals surface area contributed by atoms with Crippen molar-refractivity contribution in [2.75, 3.05) is 14.2 Å². The lowest BCUT2D eigenvalue weighted by Gasteiger charge is -2.12. The summed E-state index contributed by atoms with van der Waals surface area (Å²) in [5.41, 5.74) is 0.500. The normalized spacial score (nSPS) is 10.4. The van der Waals surface area contributed by atoms with Crippen molar-refractivity contribution >= 4 is 0 Å². The summed E-state index contributed by atoms with van der Waals surface area (Å²) in [5, 5.41) is 9.95. The molecule has 2 rings (SSSR count). The lowest BCUT2D eigenvalue weighted by molar-refractivity contribution is 0.356. The Morgan fingerprint density at radius 2 is 2.05 bits per heavy atom. The minimum absolute atomic E-state index is 0.244. The van der Waals surface area contributed by atoms with Gasteiger partial charge in [0.1, 0.15) is 5.82 Å². The second-order valence-corrected chi connectivity index (χ2v) is 4.51. The van der Waals surface area contributed by atoms with Crippen molar-refractivity contribution in [3.63, 3.8) is 0 Å². The number of rotatable bonds is 5. The van der Waals surface area contributed by atoms with Crippen LogP contribution in [0.3, 0.4) is 0 Å². The topological polar surface area (TPSA) is 84.4 Å². The Morgan fingerprint density at radius 1 is 1.29 bits per heavy atom. The highest BCUT2D eigenvalue weighted by atomic mass is 16.5. The standard InChI is InChI=1S/C15H18N2O4/c1-4-6-10-14(18)16-13(17-15(10)19)9-7-5-8-11(20-2)12(9)21-3/h5,7-8H,4,6H2,1-3H3,(H2,16,17,18,19). The predicted octanol–water partition coefficient (Wildman–Crippen LogP) is 2.11. The van der Waals surface area contributed by atoms with E-state index in [4.69, 9.17) is 9.47 Å². The maximum Gasteiger partial charge on any atom is 0.258 e. The largest absolute Gasteiger partial charge is 0.493 e. The van der Waals surface area contributed by atoms with Gasteiger partial charge >= 0.3 is 0 Å². The van der Waals surface area contributed by atoms with E-state index in [1.807, 2.05) is 6.92 Å². The molecular formula is C15H18N2O4. The molecule has 0 aliphatic carbocycles. The fraction of sp³-hybridized carbons (Fsp3) is 0.333. The van der Waals surface area contributed by atoms with Crippen LogP contribution in [-0.2, 0) is 6.42 Å². The van der Waals surface area contributed by atoms with E-state index in [1.54, 1.807) is 18.2 Å². The zero-order chi connectivity index (χ0) is 15.4. The van der Waals surface area contributed by atoms with Crippen molar-refractivity contribution in [2.45, 2.75) is 19.8 Å². The molecule has 1 aromatic heterocycles. The van der Waals surface area contributed by atoms with E-state index in [2.05, 4.69) is 9.97 Å². The molecule has 0 spiro atoms. The third kappa shape index (κ3) is 2.84. The molecule has 21 heavy (non-hydrogen) atoms. The van der Waals surface area contributed by atoms with E-state index in [9.17, 15) is 9.90 Å². The van der Waals surface area contributed by atoms with Gasteiger partial charge in [0.25, 0.3) is 5.56 Å². The highest BCUT2D eigenvalue weighted by Gasteiger charge is 2.16. The number of hydrogen-bond donors (Lipinski definition) is 2. The Hall–Kier alpha value is -2.50. The maximum atomic E-state index is 12.1. The first-order valence-electron chi connectivity index (χ1n) is 6.65. The summed E-state index contributed by atoms with van der Waals surface area (Å²) in [6.07, 6.45) is 1.23. The van der Waals surface area contributed by atoms with Crippen LogP contribution >= 0.6 is 0 Å². The Morgan fingerprint density at radius 3 is 2.62 bits per heavy atom. The lowest BCUT2D eigenvalue weighted by atomic mass is 10.1. The predicted molar refractivity (Wildman–Crippen MR) is 79.1 cm³/mol. The quantitative estimate of drug-likeness (QED) is 0.881. The molecule has 0 bridgehead atoms. The molecule has 2 N–H and O–H groups in total. The van der Waals surface area contributed by atoms with E-state index in [-0.39, 0.29) is 17.3 Å². The SMILES string of the molecule is CCCc1c(O)nc(-c2cccc(OC)c2OC)[nH]c1=O. The molecule has 112 valence electrons. The summed E-state index contributed by atoms with van der Waals surface area (Å²) >= 11 is 0. The van der Waals surface area contributed by atoms with Gasteiger partial charge in [-0.15, -0.1) is 0 Å². The zero-order valence-corrected chi connectivity index (χ0v) is 12.3. The van der Waals surface area contributed by atoms with Crippen molar-refractivity contribution in [3.8, 4) is 28.8 Å². The van der Waals surface area contributed by atoms with Gasteiger partial charge in [0.05, 0.1) is 25.3 Å². The van der Waals surface area contributed by atoms with Crippen LogP contribution in [0.15, 0.2) is 23.0 Å². The summed E-state index contributed by atoms with van der Waals surface area (Å²) in [6.45, 7) is 1.93.